The number of carbonyl (C=O) groups excluding carboxylic acids is 2. The number of ketones is 1. The molecule has 1 rings (SSSR count). The molecular weight excluding hydrogens is 266 g/mol. The van der Waals surface area contributed by atoms with E-state index in [1.165, 1.54) is 13.1 Å². The monoisotopic (exact) mass is 285 g/mol. The van der Waals surface area contributed by atoms with Crippen molar-refractivity contribution in [3.63, 3.8) is 0 Å². The lowest BCUT2D eigenvalue weighted by Crippen LogP contribution is -2.17. The van der Waals surface area contributed by atoms with Crippen molar-refractivity contribution < 1.29 is 9.59 Å². The van der Waals surface area contributed by atoms with Gasteiger partial charge in [-0.05, 0) is 25.5 Å². The number of benzene rings is 1. The molecule has 0 unspecified atom stereocenters. The standard InChI is InChI=1S/C16H19N3O2/c1-3-4-8-18-11-14(10-17)16(21)19-15-7-5-6-13(9-15)12(2)20/h5-7,9,11,18H,3-4,8H2,1-2H3,(H,19,21)/b14-11-. The molecule has 0 atom stereocenters. The van der Waals surface area contributed by atoms with E-state index < -0.39 is 5.91 Å². The Morgan fingerprint density at radius 3 is 2.76 bits per heavy atom. The lowest BCUT2D eigenvalue weighted by atomic mass is 10.1. The summed E-state index contributed by atoms with van der Waals surface area (Å²) in [5.74, 6) is -0.578. The maximum absolute atomic E-state index is 12.0. The highest BCUT2D eigenvalue weighted by atomic mass is 16.1. The molecule has 1 aromatic carbocycles. The van der Waals surface area contributed by atoms with Crippen LogP contribution < -0.4 is 10.6 Å². The molecule has 1 aromatic rings. The summed E-state index contributed by atoms with van der Waals surface area (Å²) >= 11 is 0. The predicted molar refractivity (Wildman–Crippen MR) is 81.7 cm³/mol. The summed E-state index contributed by atoms with van der Waals surface area (Å²) in [6.07, 6.45) is 3.42. The Hall–Kier alpha value is -2.61. The fourth-order valence-corrected chi connectivity index (χ4v) is 1.62. The number of anilines is 1. The molecule has 0 saturated heterocycles. The molecule has 5 heteroatoms. The number of nitriles is 1. The van der Waals surface area contributed by atoms with Crippen molar-refractivity contribution >= 4 is 17.4 Å². The van der Waals surface area contributed by atoms with Crippen LogP contribution in [0, 0.1) is 11.3 Å². The van der Waals surface area contributed by atoms with Crippen LogP contribution in [0.5, 0.6) is 0 Å². The molecule has 0 saturated carbocycles. The van der Waals surface area contributed by atoms with Crippen LogP contribution in [0.4, 0.5) is 5.69 Å². The molecule has 0 aliphatic heterocycles. The highest BCUT2D eigenvalue weighted by Gasteiger charge is 2.09. The zero-order valence-electron chi connectivity index (χ0n) is 12.3. The van der Waals surface area contributed by atoms with Gasteiger partial charge in [0.15, 0.2) is 5.78 Å². The lowest BCUT2D eigenvalue weighted by Gasteiger charge is -2.06. The number of rotatable bonds is 7. The molecular formula is C16H19N3O2. The Morgan fingerprint density at radius 2 is 2.14 bits per heavy atom. The van der Waals surface area contributed by atoms with Crippen molar-refractivity contribution in [2.24, 2.45) is 0 Å². The number of Topliss-reactive ketones (excluding diaryl/α,β-unsaturated/α-hetero) is 1. The van der Waals surface area contributed by atoms with E-state index in [1.807, 2.05) is 6.07 Å². The second-order valence-corrected chi connectivity index (χ2v) is 4.57. The van der Waals surface area contributed by atoms with Crippen LogP contribution >= 0.6 is 0 Å². The fourth-order valence-electron chi connectivity index (χ4n) is 1.62. The molecule has 0 aliphatic rings. The third-order valence-electron chi connectivity index (χ3n) is 2.81. The van der Waals surface area contributed by atoms with E-state index in [1.54, 1.807) is 24.3 Å². The first-order chi connectivity index (χ1) is 10.1. The van der Waals surface area contributed by atoms with Crippen molar-refractivity contribution in [1.82, 2.24) is 5.32 Å². The molecule has 0 aromatic heterocycles. The Balaban J connectivity index is 2.72. The van der Waals surface area contributed by atoms with Gasteiger partial charge < -0.3 is 10.6 Å². The molecule has 110 valence electrons. The van der Waals surface area contributed by atoms with Crippen LogP contribution in [0.1, 0.15) is 37.0 Å². The van der Waals surface area contributed by atoms with Gasteiger partial charge in [0.25, 0.3) is 5.91 Å². The first-order valence-electron chi connectivity index (χ1n) is 6.84. The average molecular weight is 285 g/mol. The molecule has 0 radical (unpaired) electrons. The highest BCUT2D eigenvalue weighted by molar-refractivity contribution is 6.07. The summed E-state index contributed by atoms with van der Waals surface area (Å²) in [5.41, 5.74) is 0.998. The van der Waals surface area contributed by atoms with Crippen molar-refractivity contribution in [3.8, 4) is 6.07 Å². The smallest absolute Gasteiger partial charge is 0.267 e. The highest BCUT2D eigenvalue weighted by Crippen LogP contribution is 2.12. The van der Waals surface area contributed by atoms with Gasteiger partial charge in [0, 0.05) is 24.0 Å². The molecule has 0 heterocycles. The van der Waals surface area contributed by atoms with E-state index in [0.29, 0.717) is 11.3 Å². The van der Waals surface area contributed by atoms with Gasteiger partial charge in [0.05, 0.1) is 0 Å². The number of unbranched alkanes of at least 4 members (excludes halogenated alkanes) is 1. The predicted octanol–water partition coefficient (Wildman–Crippen LogP) is 2.62. The van der Waals surface area contributed by atoms with Crippen LogP contribution in [-0.2, 0) is 4.79 Å². The van der Waals surface area contributed by atoms with Gasteiger partial charge in [-0.1, -0.05) is 25.5 Å². The van der Waals surface area contributed by atoms with Crippen LogP contribution in [0.3, 0.4) is 0 Å². The number of nitrogens with zero attached hydrogens (tertiary/aromatic N) is 1. The van der Waals surface area contributed by atoms with E-state index in [4.69, 9.17) is 5.26 Å². The van der Waals surface area contributed by atoms with Gasteiger partial charge in [0.1, 0.15) is 11.6 Å². The molecule has 0 spiro atoms. The van der Waals surface area contributed by atoms with E-state index >= 15 is 0 Å². The van der Waals surface area contributed by atoms with Gasteiger partial charge in [-0.2, -0.15) is 5.26 Å². The summed E-state index contributed by atoms with van der Waals surface area (Å²) in [5, 5.41) is 14.5. The quantitative estimate of drug-likeness (QED) is 0.349. The van der Waals surface area contributed by atoms with Crippen LogP contribution in [0.2, 0.25) is 0 Å². The molecule has 1 amide bonds. The molecule has 0 aliphatic carbocycles. The normalized spacial score (nSPS) is 10.6. The summed E-state index contributed by atoms with van der Waals surface area (Å²) in [4.78, 5) is 23.3. The summed E-state index contributed by atoms with van der Waals surface area (Å²) in [6.45, 7) is 4.24. The molecule has 5 nitrogen and oxygen atoms in total. The number of amides is 1. The third-order valence-corrected chi connectivity index (χ3v) is 2.81. The second-order valence-electron chi connectivity index (χ2n) is 4.57. The molecule has 21 heavy (non-hydrogen) atoms. The minimum atomic E-state index is -0.498. The van der Waals surface area contributed by atoms with Crippen molar-refractivity contribution in [2.45, 2.75) is 26.7 Å². The van der Waals surface area contributed by atoms with Crippen molar-refractivity contribution in [1.29, 1.82) is 5.26 Å². The minimum Gasteiger partial charge on any atom is -0.390 e. The van der Waals surface area contributed by atoms with Gasteiger partial charge in [-0.3, -0.25) is 9.59 Å². The van der Waals surface area contributed by atoms with Gasteiger partial charge in [0.2, 0.25) is 0 Å². The summed E-state index contributed by atoms with van der Waals surface area (Å²) in [7, 11) is 0. The Kier molecular flexibility index (Phi) is 6.69. The third kappa shape index (κ3) is 5.49. The summed E-state index contributed by atoms with van der Waals surface area (Å²) in [6, 6.07) is 8.46. The zero-order chi connectivity index (χ0) is 15.7. The number of hydrogen-bond acceptors (Lipinski definition) is 4. The fraction of sp³-hybridized carbons (Fsp3) is 0.312. The SMILES string of the molecule is CCCCN/C=C(/C#N)C(=O)Nc1cccc(C(C)=O)c1. The largest absolute Gasteiger partial charge is 0.390 e. The lowest BCUT2D eigenvalue weighted by molar-refractivity contribution is -0.112. The van der Waals surface area contributed by atoms with Gasteiger partial charge >= 0.3 is 0 Å². The molecule has 0 bridgehead atoms. The van der Waals surface area contributed by atoms with Crippen molar-refractivity contribution in [2.75, 3.05) is 11.9 Å². The van der Waals surface area contributed by atoms with Crippen molar-refractivity contribution in [3.05, 3.63) is 41.6 Å². The Morgan fingerprint density at radius 1 is 1.38 bits per heavy atom. The van der Waals surface area contributed by atoms with Crippen LogP contribution in [-0.4, -0.2) is 18.2 Å². The van der Waals surface area contributed by atoms with E-state index in [2.05, 4.69) is 17.6 Å². The van der Waals surface area contributed by atoms with Crippen LogP contribution in [0.15, 0.2) is 36.0 Å². The maximum Gasteiger partial charge on any atom is 0.267 e. The topological polar surface area (TPSA) is 82.0 Å². The average Bonchev–Trinajstić information content (AvgIpc) is 2.47. The second kappa shape index (κ2) is 8.54. The molecule has 0 fully saturated rings. The van der Waals surface area contributed by atoms with E-state index in [-0.39, 0.29) is 11.4 Å². The zero-order valence-corrected chi connectivity index (χ0v) is 12.3. The number of nitrogens with one attached hydrogen (secondary N) is 2. The number of hydrogen-bond donors (Lipinski definition) is 2. The van der Waals surface area contributed by atoms with Crippen LogP contribution in [0.25, 0.3) is 0 Å². The maximum atomic E-state index is 12.0. The first kappa shape index (κ1) is 16.4. The Labute approximate surface area is 124 Å². The molecule has 2 N–H and O–H groups in total. The number of carbonyl (C=O) groups is 2. The first-order valence-corrected chi connectivity index (χ1v) is 6.84. The van der Waals surface area contributed by atoms with Gasteiger partial charge in [-0.15, -0.1) is 0 Å². The van der Waals surface area contributed by atoms with E-state index in [0.717, 1.165) is 19.4 Å². The Bertz CT molecular complexity index is 585. The van der Waals surface area contributed by atoms with Gasteiger partial charge in [-0.25, -0.2) is 0 Å². The summed E-state index contributed by atoms with van der Waals surface area (Å²) < 4.78 is 0. The van der Waals surface area contributed by atoms with E-state index in [9.17, 15) is 9.59 Å². The minimum absolute atomic E-state index is 0.000619.